The molecule has 68 valence electrons. The van der Waals surface area contributed by atoms with E-state index >= 15 is 0 Å². The first-order chi connectivity index (χ1) is 5.35. The van der Waals surface area contributed by atoms with Crippen molar-refractivity contribution in [2.75, 3.05) is 0 Å². The Morgan fingerprint density at radius 1 is 1.58 bits per heavy atom. The van der Waals surface area contributed by atoms with Gasteiger partial charge in [0.05, 0.1) is 0 Å². The van der Waals surface area contributed by atoms with Crippen molar-refractivity contribution in [3.63, 3.8) is 0 Å². The minimum absolute atomic E-state index is 0.131. The number of nitrogens with two attached hydrogens (primary N) is 2. The maximum Gasteiger partial charge on any atom is 0.325 e. The molecule has 0 aromatic carbocycles. The molecule has 12 heavy (non-hydrogen) atoms. The summed E-state index contributed by atoms with van der Waals surface area (Å²) in [6, 6.07) is 0. The second-order valence-electron chi connectivity index (χ2n) is 2.63. The number of hydrogen-bond acceptors (Lipinski definition) is 4. The topological polar surface area (TPSA) is 86.2 Å². The SMILES string of the molecule is NC1=CCC(N)(S(=O)(=O)F)C=C1. The Kier molecular flexibility index (Phi) is 1.97. The van der Waals surface area contributed by atoms with Gasteiger partial charge in [-0.05, 0) is 12.2 Å². The Morgan fingerprint density at radius 3 is 2.50 bits per heavy atom. The predicted octanol–water partition coefficient (Wildman–Crippen LogP) is -0.257. The summed E-state index contributed by atoms with van der Waals surface area (Å²) in [7, 11) is -4.76. The molecule has 0 radical (unpaired) electrons. The van der Waals surface area contributed by atoms with Crippen molar-refractivity contribution in [2.45, 2.75) is 11.3 Å². The Labute approximate surface area is 69.9 Å². The van der Waals surface area contributed by atoms with Crippen molar-refractivity contribution < 1.29 is 12.3 Å². The molecule has 0 heterocycles. The molecule has 0 fully saturated rings. The third-order valence-electron chi connectivity index (χ3n) is 1.67. The van der Waals surface area contributed by atoms with Crippen molar-refractivity contribution in [2.24, 2.45) is 11.5 Å². The average molecular weight is 192 g/mol. The highest BCUT2D eigenvalue weighted by molar-refractivity contribution is 7.87. The van der Waals surface area contributed by atoms with Gasteiger partial charge in [0.2, 0.25) is 0 Å². The van der Waals surface area contributed by atoms with Gasteiger partial charge in [-0.25, -0.2) is 0 Å². The molecule has 0 bridgehead atoms. The first-order valence-electron chi connectivity index (χ1n) is 3.23. The summed E-state index contributed by atoms with van der Waals surface area (Å²) in [6.45, 7) is 0. The lowest BCUT2D eigenvalue weighted by Gasteiger charge is -2.21. The molecule has 0 amide bonds. The van der Waals surface area contributed by atoms with Gasteiger partial charge < -0.3 is 11.5 Å². The van der Waals surface area contributed by atoms with E-state index in [9.17, 15) is 12.3 Å². The van der Waals surface area contributed by atoms with Crippen molar-refractivity contribution in [3.8, 4) is 0 Å². The highest BCUT2D eigenvalue weighted by atomic mass is 32.3. The number of rotatable bonds is 1. The van der Waals surface area contributed by atoms with Crippen molar-refractivity contribution >= 4 is 10.2 Å². The van der Waals surface area contributed by atoms with Gasteiger partial charge in [0, 0.05) is 12.1 Å². The molecule has 1 unspecified atom stereocenters. The smallest absolute Gasteiger partial charge is 0.325 e. The second-order valence-corrected chi connectivity index (χ2v) is 4.27. The summed E-state index contributed by atoms with van der Waals surface area (Å²) in [5, 5.41) is 0. The molecule has 0 saturated carbocycles. The predicted molar refractivity (Wildman–Crippen MR) is 43.0 cm³/mol. The van der Waals surface area contributed by atoms with E-state index in [-0.39, 0.29) is 6.42 Å². The van der Waals surface area contributed by atoms with E-state index in [1.54, 1.807) is 0 Å². The first kappa shape index (κ1) is 9.21. The van der Waals surface area contributed by atoms with Crippen LogP contribution in [-0.2, 0) is 10.2 Å². The normalized spacial score (nSPS) is 30.0. The molecule has 0 aromatic rings. The van der Waals surface area contributed by atoms with Gasteiger partial charge in [0.1, 0.15) is 0 Å². The molecule has 4 N–H and O–H groups in total. The zero-order valence-corrected chi connectivity index (χ0v) is 7.01. The van der Waals surface area contributed by atoms with Crippen LogP contribution < -0.4 is 11.5 Å². The van der Waals surface area contributed by atoms with Crippen LogP contribution in [0, 0.1) is 0 Å². The van der Waals surface area contributed by atoms with Crippen LogP contribution in [-0.4, -0.2) is 13.3 Å². The zero-order valence-electron chi connectivity index (χ0n) is 6.20. The van der Waals surface area contributed by atoms with Gasteiger partial charge in [-0.15, -0.1) is 3.89 Å². The summed E-state index contributed by atoms with van der Waals surface area (Å²) in [5.74, 6) is 0. The molecular formula is C6H9FN2O2S. The quantitative estimate of drug-likeness (QED) is 0.560. The van der Waals surface area contributed by atoms with Gasteiger partial charge in [-0.3, -0.25) is 0 Å². The Bertz CT molecular complexity index is 347. The first-order valence-corrected chi connectivity index (χ1v) is 4.61. The third-order valence-corrected chi connectivity index (χ3v) is 2.88. The van der Waals surface area contributed by atoms with Crippen LogP contribution in [0.25, 0.3) is 0 Å². The minimum Gasteiger partial charge on any atom is -0.399 e. The number of allylic oxidation sites excluding steroid dienone is 1. The van der Waals surface area contributed by atoms with Gasteiger partial charge in [-0.2, -0.15) is 8.42 Å². The van der Waals surface area contributed by atoms with Crippen molar-refractivity contribution in [1.82, 2.24) is 0 Å². The third kappa shape index (κ3) is 1.49. The highest BCUT2D eigenvalue weighted by Crippen LogP contribution is 2.23. The van der Waals surface area contributed by atoms with Gasteiger partial charge in [0.25, 0.3) is 0 Å². The van der Waals surface area contributed by atoms with Gasteiger partial charge in [-0.1, -0.05) is 6.08 Å². The van der Waals surface area contributed by atoms with E-state index in [0.717, 1.165) is 6.08 Å². The molecule has 1 aliphatic rings. The monoisotopic (exact) mass is 192 g/mol. The molecule has 0 aliphatic heterocycles. The summed E-state index contributed by atoms with van der Waals surface area (Å²) in [4.78, 5) is -1.93. The fourth-order valence-corrected chi connectivity index (χ4v) is 1.34. The molecule has 0 spiro atoms. The van der Waals surface area contributed by atoms with E-state index in [1.165, 1.54) is 12.2 Å². The fraction of sp³-hybridized carbons (Fsp3) is 0.333. The van der Waals surface area contributed by atoms with Crippen LogP contribution >= 0.6 is 0 Å². The molecule has 1 atom stereocenters. The number of hydrogen-bond donors (Lipinski definition) is 2. The van der Waals surface area contributed by atoms with Gasteiger partial charge in [0.15, 0.2) is 4.87 Å². The standard InChI is InChI=1S/C6H9FN2O2S/c7-12(10,11)6(9)3-1-5(8)2-4-6/h1-3H,4,8-9H2. The van der Waals surface area contributed by atoms with Gasteiger partial charge >= 0.3 is 10.2 Å². The molecular weight excluding hydrogens is 183 g/mol. The van der Waals surface area contributed by atoms with Crippen LogP contribution in [0.2, 0.25) is 0 Å². The summed E-state index contributed by atoms with van der Waals surface area (Å²) in [5.41, 5.74) is 10.9. The van der Waals surface area contributed by atoms with Crippen LogP contribution in [0.4, 0.5) is 3.89 Å². The highest BCUT2D eigenvalue weighted by Gasteiger charge is 2.38. The maximum absolute atomic E-state index is 12.5. The Balaban J connectivity index is 3.02. The van der Waals surface area contributed by atoms with E-state index in [4.69, 9.17) is 11.5 Å². The maximum atomic E-state index is 12.5. The van der Waals surface area contributed by atoms with Crippen molar-refractivity contribution in [3.05, 3.63) is 23.9 Å². The van der Waals surface area contributed by atoms with Crippen LogP contribution in [0.1, 0.15) is 6.42 Å². The molecule has 6 heteroatoms. The Hall–Kier alpha value is -0.880. The molecule has 0 aromatic heterocycles. The molecule has 4 nitrogen and oxygen atoms in total. The zero-order chi connectivity index (χ0) is 9.41. The van der Waals surface area contributed by atoms with Crippen LogP contribution in [0.3, 0.4) is 0 Å². The van der Waals surface area contributed by atoms with Crippen molar-refractivity contribution in [1.29, 1.82) is 0 Å². The molecule has 1 rings (SSSR count). The van der Waals surface area contributed by atoms with E-state index in [2.05, 4.69) is 0 Å². The largest absolute Gasteiger partial charge is 0.399 e. The van der Waals surface area contributed by atoms with E-state index in [1.807, 2.05) is 0 Å². The minimum atomic E-state index is -4.76. The van der Waals surface area contributed by atoms with Crippen LogP contribution in [0.15, 0.2) is 23.9 Å². The average Bonchev–Trinajstić information content (AvgIpc) is 1.93. The van der Waals surface area contributed by atoms with E-state index in [0.29, 0.717) is 5.70 Å². The lowest BCUT2D eigenvalue weighted by Crippen LogP contribution is -2.44. The lowest BCUT2D eigenvalue weighted by molar-refractivity contribution is 0.509. The molecule has 1 aliphatic carbocycles. The summed E-state index contributed by atoms with van der Waals surface area (Å²) in [6.07, 6.45) is 3.57. The fourth-order valence-electron chi connectivity index (χ4n) is 0.832. The van der Waals surface area contributed by atoms with Crippen LogP contribution in [0.5, 0.6) is 0 Å². The second kappa shape index (κ2) is 2.56. The number of halogens is 1. The van der Waals surface area contributed by atoms with E-state index < -0.39 is 15.1 Å². The molecule has 0 saturated heterocycles. The lowest BCUT2D eigenvalue weighted by atomic mass is 10.1. The Morgan fingerprint density at radius 2 is 2.17 bits per heavy atom. The summed E-state index contributed by atoms with van der Waals surface area (Å²) >= 11 is 0. The summed E-state index contributed by atoms with van der Waals surface area (Å²) < 4.78 is 33.5.